The standard InChI is InChI=1S/C14H21N3O2/c1-2-16-6-8-17(9-7-16)10-11-4-3-5-12(15)13(11)14(18)19/h3-5H,2,6-10,15H2,1H3,(H,18,19). The number of piperazine rings is 1. The summed E-state index contributed by atoms with van der Waals surface area (Å²) < 4.78 is 0. The normalized spacial score (nSPS) is 17.5. The summed E-state index contributed by atoms with van der Waals surface area (Å²) in [6, 6.07) is 5.31. The van der Waals surface area contributed by atoms with Gasteiger partial charge in [0.2, 0.25) is 0 Å². The highest BCUT2D eigenvalue weighted by molar-refractivity contribution is 5.95. The van der Waals surface area contributed by atoms with Crippen LogP contribution in [0.25, 0.3) is 0 Å². The molecule has 5 nitrogen and oxygen atoms in total. The molecule has 0 atom stereocenters. The molecule has 0 bridgehead atoms. The van der Waals surface area contributed by atoms with Gasteiger partial charge in [0, 0.05) is 38.4 Å². The first-order valence-corrected chi connectivity index (χ1v) is 6.67. The monoisotopic (exact) mass is 263 g/mol. The van der Waals surface area contributed by atoms with Gasteiger partial charge < -0.3 is 15.7 Å². The summed E-state index contributed by atoms with van der Waals surface area (Å²) in [5.41, 5.74) is 7.16. The predicted molar refractivity (Wildman–Crippen MR) is 75.2 cm³/mol. The Morgan fingerprint density at radius 3 is 2.47 bits per heavy atom. The number of carbonyl (C=O) groups is 1. The van der Waals surface area contributed by atoms with Crippen LogP contribution in [-0.2, 0) is 6.54 Å². The molecule has 3 N–H and O–H groups in total. The molecule has 5 heteroatoms. The summed E-state index contributed by atoms with van der Waals surface area (Å²) >= 11 is 0. The van der Waals surface area contributed by atoms with Crippen molar-refractivity contribution in [2.45, 2.75) is 13.5 Å². The van der Waals surface area contributed by atoms with E-state index in [2.05, 4.69) is 16.7 Å². The lowest BCUT2D eigenvalue weighted by Gasteiger charge is -2.34. The van der Waals surface area contributed by atoms with Gasteiger partial charge in [-0.1, -0.05) is 19.1 Å². The molecule has 0 aromatic heterocycles. The molecule has 1 aromatic rings. The number of nitrogens with zero attached hydrogens (tertiary/aromatic N) is 2. The number of hydrogen-bond acceptors (Lipinski definition) is 4. The Labute approximate surface area is 113 Å². The van der Waals surface area contributed by atoms with Crippen molar-refractivity contribution in [1.29, 1.82) is 0 Å². The average Bonchev–Trinajstić information content (AvgIpc) is 2.39. The number of aromatic carboxylic acids is 1. The van der Waals surface area contributed by atoms with Crippen molar-refractivity contribution in [2.24, 2.45) is 0 Å². The molecule has 1 fully saturated rings. The van der Waals surface area contributed by atoms with Gasteiger partial charge in [-0.2, -0.15) is 0 Å². The van der Waals surface area contributed by atoms with Gasteiger partial charge in [0.25, 0.3) is 0 Å². The quantitative estimate of drug-likeness (QED) is 0.796. The molecule has 1 aliphatic rings. The zero-order valence-corrected chi connectivity index (χ0v) is 11.3. The number of anilines is 1. The van der Waals surface area contributed by atoms with Gasteiger partial charge in [-0.25, -0.2) is 4.79 Å². The van der Waals surface area contributed by atoms with E-state index < -0.39 is 5.97 Å². The molecule has 0 unspecified atom stereocenters. The summed E-state index contributed by atoms with van der Waals surface area (Å²) in [7, 11) is 0. The van der Waals surface area contributed by atoms with Crippen LogP contribution < -0.4 is 5.73 Å². The van der Waals surface area contributed by atoms with Crippen LogP contribution in [0.1, 0.15) is 22.8 Å². The van der Waals surface area contributed by atoms with Gasteiger partial charge in [0.1, 0.15) is 0 Å². The maximum absolute atomic E-state index is 11.3. The van der Waals surface area contributed by atoms with Crippen molar-refractivity contribution in [1.82, 2.24) is 9.80 Å². The van der Waals surface area contributed by atoms with E-state index in [-0.39, 0.29) is 5.56 Å². The van der Waals surface area contributed by atoms with E-state index in [0.717, 1.165) is 38.3 Å². The first-order chi connectivity index (χ1) is 9.11. The summed E-state index contributed by atoms with van der Waals surface area (Å²) in [5.74, 6) is -0.944. The molecule has 104 valence electrons. The first-order valence-electron chi connectivity index (χ1n) is 6.67. The zero-order chi connectivity index (χ0) is 13.8. The molecule has 1 aliphatic heterocycles. The SMILES string of the molecule is CCN1CCN(Cc2cccc(N)c2C(=O)O)CC1. The Hall–Kier alpha value is -1.59. The highest BCUT2D eigenvalue weighted by Gasteiger charge is 2.19. The van der Waals surface area contributed by atoms with E-state index in [1.54, 1.807) is 6.07 Å². The number of nitrogen functional groups attached to an aromatic ring is 1. The average molecular weight is 263 g/mol. The van der Waals surface area contributed by atoms with Crippen molar-refractivity contribution in [3.63, 3.8) is 0 Å². The number of benzene rings is 1. The highest BCUT2D eigenvalue weighted by Crippen LogP contribution is 2.19. The highest BCUT2D eigenvalue weighted by atomic mass is 16.4. The third-order valence-corrected chi connectivity index (χ3v) is 3.70. The Morgan fingerprint density at radius 2 is 1.89 bits per heavy atom. The fourth-order valence-corrected chi connectivity index (χ4v) is 2.52. The molecular formula is C14H21N3O2. The van der Waals surface area contributed by atoms with Crippen LogP contribution >= 0.6 is 0 Å². The van der Waals surface area contributed by atoms with Crippen LogP contribution in [0.15, 0.2) is 18.2 Å². The third-order valence-electron chi connectivity index (χ3n) is 3.70. The lowest BCUT2D eigenvalue weighted by atomic mass is 10.0. The van der Waals surface area contributed by atoms with E-state index in [1.165, 1.54) is 0 Å². The molecule has 0 amide bonds. The van der Waals surface area contributed by atoms with E-state index in [9.17, 15) is 9.90 Å². The van der Waals surface area contributed by atoms with Crippen molar-refractivity contribution in [3.8, 4) is 0 Å². The topological polar surface area (TPSA) is 69.8 Å². The molecule has 0 spiro atoms. The van der Waals surface area contributed by atoms with Gasteiger partial charge in [-0.05, 0) is 18.2 Å². The third kappa shape index (κ3) is 3.24. The second kappa shape index (κ2) is 6.04. The largest absolute Gasteiger partial charge is 0.478 e. The summed E-state index contributed by atoms with van der Waals surface area (Å²) in [5, 5.41) is 9.25. The summed E-state index contributed by atoms with van der Waals surface area (Å²) in [6.07, 6.45) is 0. The smallest absolute Gasteiger partial charge is 0.338 e. The fourth-order valence-electron chi connectivity index (χ4n) is 2.52. The Morgan fingerprint density at radius 1 is 1.26 bits per heavy atom. The number of nitrogens with two attached hydrogens (primary N) is 1. The number of rotatable bonds is 4. The van der Waals surface area contributed by atoms with Gasteiger partial charge in [-0.15, -0.1) is 0 Å². The number of hydrogen-bond donors (Lipinski definition) is 2. The predicted octanol–water partition coefficient (Wildman–Crippen LogP) is 1.10. The maximum Gasteiger partial charge on any atom is 0.338 e. The minimum atomic E-state index is -0.944. The van der Waals surface area contributed by atoms with Gasteiger partial charge in [0.05, 0.1) is 5.56 Å². The minimum Gasteiger partial charge on any atom is -0.478 e. The Bertz CT molecular complexity index is 454. The Kier molecular flexibility index (Phi) is 4.39. The van der Waals surface area contributed by atoms with Gasteiger partial charge in [-0.3, -0.25) is 4.90 Å². The first kappa shape index (κ1) is 13.8. The van der Waals surface area contributed by atoms with E-state index in [0.29, 0.717) is 12.2 Å². The fraction of sp³-hybridized carbons (Fsp3) is 0.500. The van der Waals surface area contributed by atoms with E-state index in [1.807, 2.05) is 12.1 Å². The molecule has 1 heterocycles. The lowest BCUT2D eigenvalue weighted by Crippen LogP contribution is -2.45. The van der Waals surface area contributed by atoms with Crippen LogP contribution in [0, 0.1) is 0 Å². The van der Waals surface area contributed by atoms with Crippen LogP contribution in [-0.4, -0.2) is 53.6 Å². The molecule has 1 saturated heterocycles. The summed E-state index contributed by atoms with van der Waals surface area (Å²) in [6.45, 7) is 7.93. The van der Waals surface area contributed by atoms with Gasteiger partial charge >= 0.3 is 5.97 Å². The van der Waals surface area contributed by atoms with Crippen LogP contribution in [0.4, 0.5) is 5.69 Å². The van der Waals surface area contributed by atoms with Crippen molar-refractivity contribution in [2.75, 3.05) is 38.5 Å². The minimum absolute atomic E-state index is 0.250. The second-order valence-electron chi connectivity index (χ2n) is 4.90. The molecular weight excluding hydrogens is 242 g/mol. The van der Waals surface area contributed by atoms with Gasteiger partial charge in [0.15, 0.2) is 0 Å². The number of carboxylic acids is 1. The zero-order valence-electron chi connectivity index (χ0n) is 11.3. The Balaban J connectivity index is 2.08. The second-order valence-corrected chi connectivity index (χ2v) is 4.90. The number of likely N-dealkylation sites (N-methyl/N-ethyl adjacent to an activating group) is 1. The number of carboxylic acid groups (broad SMARTS) is 1. The van der Waals surface area contributed by atoms with Crippen molar-refractivity contribution < 1.29 is 9.90 Å². The molecule has 1 aromatic carbocycles. The molecule has 0 aliphatic carbocycles. The molecule has 2 rings (SSSR count). The van der Waals surface area contributed by atoms with E-state index in [4.69, 9.17) is 5.73 Å². The van der Waals surface area contributed by atoms with Crippen LogP contribution in [0.3, 0.4) is 0 Å². The lowest BCUT2D eigenvalue weighted by molar-refractivity contribution is 0.0694. The van der Waals surface area contributed by atoms with Crippen molar-refractivity contribution >= 4 is 11.7 Å². The van der Waals surface area contributed by atoms with Crippen LogP contribution in [0.5, 0.6) is 0 Å². The molecule has 0 radical (unpaired) electrons. The molecule has 0 saturated carbocycles. The van der Waals surface area contributed by atoms with E-state index >= 15 is 0 Å². The van der Waals surface area contributed by atoms with Crippen molar-refractivity contribution in [3.05, 3.63) is 29.3 Å². The summed E-state index contributed by atoms with van der Waals surface area (Å²) in [4.78, 5) is 16.0. The maximum atomic E-state index is 11.3. The molecule has 19 heavy (non-hydrogen) atoms. The van der Waals surface area contributed by atoms with Crippen LogP contribution in [0.2, 0.25) is 0 Å².